The molecule has 1 fully saturated rings. The SMILES string of the molecule is CCc1noc(C)c1C(=O)N[C@@H](c1cnc2ccccc2c1)C1CC(O)C1. The van der Waals surface area contributed by atoms with E-state index in [-0.39, 0.29) is 24.0 Å². The number of carbonyl (C=O) groups is 1. The number of benzene rings is 1. The lowest BCUT2D eigenvalue weighted by Crippen LogP contribution is -2.41. The van der Waals surface area contributed by atoms with Crippen molar-refractivity contribution in [2.45, 2.75) is 45.3 Å². The van der Waals surface area contributed by atoms with E-state index in [1.54, 1.807) is 6.92 Å². The molecule has 6 heteroatoms. The highest BCUT2D eigenvalue weighted by atomic mass is 16.5. The predicted octanol–water partition coefficient (Wildman–Crippen LogP) is 3.34. The van der Waals surface area contributed by atoms with E-state index in [1.807, 2.05) is 37.4 Å². The Labute approximate surface area is 157 Å². The Kier molecular flexibility index (Phi) is 4.66. The molecular weight excluding hydrogens is 342 g/mol. The predicted molar refractivity (Wildman–Crippen MR) is 101 cm³/mol. The molecule has 1 aliphatic rings. The smallest absolute Gasteiger partial charge is 0.257 e. The Morgan fingerprint density at radius 1 is 1.37 bits per heavy atom. The summed E-state index contributed by atoms with van der Waals surface area (Å²) in [4.78, 5) is 17.5. The van der Waals surface area contributed by atoms with Crippen LogP contribution in [0.1, 0.15) is 53.2 Å². The van der Waals surface area contributed by atoms with E-state index in [4.69, 9.17) is 4.52 Å². The summed E-state index contributed by atoms with van der Waals surface area (Å²) in [5.74, 6) is 0.510. The summed E-state index contributed by atoms with van der Waals surface area (Å²) in [6, 6.07) is 9.77. The summed E-state index contributed by atoms with van der Waals surface area (Å²) in [6.07, 6.45) is 3.48. The van der Waals surface area contributed by atoms with E-state index in [0.717, 1.165) is 16.5 Å². The number of nitrogens with one attached hydrogen (secondary N) is 1. The zero-order valence-corrected chi connectivity index (χ0v) is 15.5. The van der Waals surface area contributed by atoms with E-state index in [1.165, 1.54) is 0 Å². The van der Waals surface area contributed by atoms with Gasteiger partial charge in [0.2, 0.25) is 0 Å². The first-order chi connectivity index (χ1) is 13.1. The number of pyridine rings is 1. The van der Waals surface area contributed by atoms with Gasteiger partial charge in [-0.25, -0.2) is 0 Å². The average Bonchev–Trinajstić information content (AvgIpc) is 3.04. The second-order valence-corrected chi connectivity index (χ2v) is 7.21. The van der Waals surface area contributed by atoms with Crippen molar-refractivity contribution in [2.24, 2.45) is 5.92 Å². The van der Waals surface area contributed by atoms with Gasteiger partial charge in [0.05, 0.1) is 23.4 Å². The first-order valence-corrected chi connectivity index (χ1v) is 9.35. The number of fused-ring (bicyclic) bond motifs is 1. The summed E-state index contributed by atoms with van der Waals surface area (Å²) >= 11 is 0. The maximum absolute atomic E-state index is 13.0. The third-order valence-corrected chi connectivity index (χ3v) is 5.37. The Morgan fingerprint density at radius 2 is 2.15 bits per heavy atom. The van der Waals surface area contributed by atoms with Crippen LogP contribution in [0.5, 0.6) is 0 Å². The van der Waals surface area contributed by atoms with E-state index >= 15 is 0 Å². The molecule has 0 aliphatic heterocycles. The molecule has 0 saturated heterocycles. The van der Waals surface area contributed by atoms with Crippen molar-refractivity contribution in [3.63, 3.8) is 0 Å². The number of aliphatic hydroxyl groups excluding tert-OH is 1. The topological polar surface area (TPSA) is 88.3 Å². The number of aryl methyl sites for hydroxylation is 2. The fourth-order valence-corrected chi connectivity index (χ4v) is 3.80. The van der Waals surface area contributed by atoms with Gasteiger partial charge in [0.25, 0.3) is 5.91 Å². The maximum atomic E-state index is 13.0. The summed E-state index contributed by atoms with van der Waals surface area (Å²) in [5, 5.41) is 17.9. The van der Waals surface area contributed by atoms with Gasteiger partial charge < -0.3 is 14.9 Å². The number of para-hydroxylation sites is 1. The lowest BCUT2D eigenvalue weighted by Gasteiger charge is -2.38. The molecule has 0 bridgehead atoms. The highest BCUT2D eigenvalue weighted by Crippen LogP contribution is 2.38. The Hall–Kier alpha value is -2.73. The van der Waals surface area contributed by atoms with Crippen LogP contribution in [0.3, 0.4) is 0 Å². The molecule has 27 heavy (non-hydrogen) atoms. The number of carbonyl (C=O) groups excluding carboxylic acids is 1. The van der Waals surface area contributed by atoms with Crippen molar-refractivity contribution in [3.8, 4) is 0 Å². The molecule has 140 valence electrons. The minimum Gasteiger partial charge on any atom is -0.393 e. The second kappa shape index (κ2) is 7.12. The van der Waals surface area contributed by atoms with Crippen molar-refractivity contribution >= 4 is 16.8 Å². The van der Waals surface area contributed by atoms with Gasteiger partial charge in [0.1, 0.15) is 11.3 Å². The molecule has 0 unspecified atom stereocenters. The Bertz CT molecular complexity index is 976. The summed E-state index contributed by atoms with van der Waals surface area (Å²) in [5.41, 5.74) is 3.04. The van der Waals surface area contributed by atoms with Gasteiger partial charge >= 0.3 is 0 Å². The number of amides is 1. The molecule has 2 aromatic heterocycles. The van der Waals surface area contributed by atoms with Gasteiger partial charge in [-0.05, 0) is 49.8 Å². The molecule has 2 heterocycles. The molecule has 0 radical (unpaired) electrons. The molecule has 1 aliphatic carbocycles. The van der Waals surface area contributed by atoms with E-state index in [9.17, 15) is 9.90 Å². The number of hydrogen-bond donors (Lipinski definition) is 2. The van der Waals surface area contributed by atoms with Crippen molar-refractivity contribution in [3.05, 3.63) is 59.1 Å². The van der Waals surface area contributed by atoms with Crippen LogP contribution in [0.2, 0.25) is 0 Å². The third-order valence-electron chi connectivity index (χ3n) is 5.37. The quantitative estimate of drug-likeness (QED) is 0.724. The first kappa shape index (κ1) is 17.7. The van der Waals surface area contributed by atoms with Crippen LogP contribution in [-0.2, 0) is 6.42 Å². The van der Waals surface area contributed by atoms with Gasteiger partial charge in [-0.1, -0.05) is 30.3 Å². The van der Waals surface area contributed by atoms with Crippen LogP contribution in [0.25, 0.3) is 10.9 Å². The fourth-order valence-electron chi connectivity index (χ4n) is 3.80. The van der Waals surface area contributed by atoms with Gasteiger partial charge in [-0.3, -0.25) is 9.78 Å². The number of aromatic nitrogens is 2. The lowest BCUT2D eigenvalue weighted by atomic mass is 9.75. The molecule has 1 atom stereocenters. The summed E-state index contributed by atoms with van der Waals surface area (Å²) in [6.45, 7) is 3.70. The van der Waals surface area contributed by atoms with Gasteiger partial charge in [-0.2, -0.15) is 0 Å². The normalized spacial score (nSPS) is 20.3. The van der Waals surface area contributed by atoms with Crippen molar-refractivity contribution in [1.29, 1.82) is 0 Å². The van der Waals surface area contributed by atoms with Gasteiger partial charge in [-0.15, -0.1) is 0 Å². The van der Waals surface area contributed by atoms with Crippen molar-refractivity contribution < 1.29 is 14.4 Å². The van der Waals surface area contributed by atoms with Crippen LogP contribution in [-0.4, -0.2) is 27.3 Å². The molecular formula is C21H23N3O3. The zero-order chi connectivity index (χ0) is 19.0. The zero-order valence-electron chi connectivity index (χ0n) is 15.5. The molecule has 1 saturated carbocycles. The molecule has 2 N–H and O–H groups in total. The molecule has 1 aromatic carbocycles. The minimum atomic E-state index is -0.300. The Morgan fingerprint density at radius 3 is 2.89 bits per heavy atom. The monoisotopic (exact) mass is 365 g/mol. The molecule has 1 amide bonds. The van der Waals surface area contributed by atoms with Crippen LogP contribution >= 0.6 is 0 Å². The summed E-state index contributed by atoms with van der Waals surface area (Å²) < 4.78 is 5.21. The summed E-state index contributed by atoms with van der Waals surface area (Å²) in [7, 11) is 0. The Balaban J connectivity index is 1.66. The standard InChI is InChI=1S/C21H23N3O3/c1-3-17-19(12(2)27-24-17)21(26)23-20(14-9-16(25)10-14)15-8-13-6-4-5-7-18(13)22-11-15/h4-8,11,14,16,20,25H,3,9-10H2,1-2H3,(H,23,26)/t14?,16?,20-/m1/s1. The van der Waals surface area contributed by atoms with Crippen LogP contribution in [0.15, 0.2) is 41.1 Å². The number of hydrogen-bond acceptors (Lipinski definition) is 5. The second-order valence-electron chi connectivity index (χ2n) is 7.21. The highest BCUT2D eigenvalue weighted by molar-refractivity contribution is 5.96. The van der Waals surface area contributed by atoms with E-state index in [0.29, 0.717) is 36.3 Å². The van der Waals surface area contributed by atoms with Crippen LogP contribution < -0.4 is 5.32 Å². The van der Waals surface area contributed by atoms with E-state index < -0.39 is 0 Å². The largest absolute Gasteiger partial charge is 0.393 e. The highest BCUT2D eigenvalue weighted by Gasteiger charge is 2.36. The molecule has 0 spiro atoms. The first-order valence-electron chi connectivity index (χ1n) is 9.35. The number of aliphatic hydroxyl groups is 1. The van der Waals surface area contributed by atoms with Crippen LogP contribution in [0.4, 0.5) is 0 Å². The van der Waals surface area contributed by atoms with E-state index in [2.05, 4.69) is 21.5 Å². The third kappa shape index (κ3) is 3.32. The number of nitrogens with zero attached hydrogens (tertiary/aromatic N) is 2. The molecule has 4 rings (SSSR count). The van der Waals surface area contributed by atoms with Gasteiger partial charge in [0, 0.05) is 11.6 Å². The molecule has 3 aromatic rings. The fraction of sp³-hybridized carbons (Fsp3) is 0.381. The van der Waals surface area contributed by atoms with Crippen molar-refractivity contribution in [2.75, 3.05) is 0 Å². The maximum Gasteiger partial charge on any atom is 0.257 e. The lowest BCUT2D eigenvalue weighted by molar-refractivity contribution is 0.0234. The average molecular weight is 365 g/mol. The van der Waals surface area contributed by atoms with Gasteiger partial charge in [0.15, 0.2) is 0 Å². The molecule has 6 nitrogen and oxygen atoms in total. The number of rotatable bonds is 5. The van der Waals surface area contributed by atoms with Crippen LogP contribution in [0, 0.1) is 12.8 Å². The minimum absolute atomic E-state index is 0.178. The van der Waals surface area contributed by atoms with Crippen molar-refractivity contribution in [1.82, 2.24) is 15.5 Å².